The number of halogens is 2. The van der Waals surface area contributed by atoms with Gasteiger partial charge in [0.2, 0.25) is 11.8 Å². The molecule has 1 saturated heterocycles. The molecule has 0 aliphatic carbocycles. The van der Waals surface area contributed by atoms with Crippen LogP contribution in [-0.4, -0.2) is 46.1 Å². The van der Waals surface area contributed by atoms with Crippen molar-refractivity contribution in [1.82, 2.24) is 24.6 Å². The van der Waals surface area contributed by atoms with Crippen LogP contribution in [0.3, 0.4) is 0 Å². The van der Waals surface area contributed by atoms with Gasteiger partial charge in [0.25, 0.3) is 0 Å². The lowest BCUT2D eigenvalue weighted by Crippen LogP contribution is -2.37. The monoisotopic (exact) mass is 580 g/mol. The molecular formula is C23H26FIN6OS. The maximum atomic E-state index is 14.3. The zero-order chi connectivity index (χ0) is 23.4. The predicted molar refractivity (Wildman–Crippen MR) is 142 cm³/mol. The molecule has 4 heterocycles. The van der Waals surface area contributed by atoms with Crippen LogP contribution in [0.1, 0.15) is 31.0 Å². The van der Waals surface area contributed by atoms with Gasteiger partial charge in [-0.2, -0.15) is 4.39 Å². The first-order valence-electron chi connectivity index (χ1n) is 10.8. The predicted octanol–water partition coefficient (Wildman–Crippen LogP) is 5.14. The number of hydrogen-bond donors (Lipinski definition) is 3. The van der Waals surface area contributed by atoms with E-state index >= 15 is 0 Å². The summed E-state index contributed by atoms with van der Waals surface area (Å²) in [5.74, 6) is -0.439. The SMILES string of the molecule is CCc1c(-c2ccc(OC)nc2)c2cc(/C(=C/NC3CCNCC3)C(=N)F)cnc2n1SI. The highest BCUT2D eigenvalue weighted by molar-refractivity contribution is 14.2. The van der Waals surface area contributed by atoms with E-state index in [0.29, 0.717) is 11.4 Å². The summed E-state index contributed by atoms with van der Waals surface area (Å²) in [5.41, 5.74) is 4.63. The number of pyridine rings is 2. The lowest BCUT2D eigenvalue weighted by atomic mass is 10.0. The third-order valence-electron chi connectivity index (χ3n) is 5.85. The van der Waals surface area contributed by atoms with Crippen molar-refractivity contribution in [1.29, 1.82) is 5.41 Å². The Kier molecular flexibility index (Phi) is 7.86. The molecule has 0 spiro atoms. The molecule has 7 nitrogen and oxygen atoms in total. The Labute approximate surface area is 208 Å². The second-order valence-corrected chi connectivity index (χ2v) is 9.47. The Balaban J connectivity index is 1.82. The highest BCUT2D eigenvalue weighted by Gasteiger charge is 2.21. The van der Waals surface area contributed by atoms with Gasteiger partial charge in [-0.15, -0.1) is 0 Å². The second kappa shape index (κ2) is 10.8. The molecule has 0 radical (unpaired) electrons. The Morgan fingerprint density at radius 2 is 2.15 bits per heavy atom. The van der Waals surface area contributed by atoms with Gasteiger partial charge in [0.1, 0.15) is 0 Å². The first-order valence-corrected chi connectivity index (χ1v) is 14.1. The van der Waals surface area contributed by atoms with Crippen molar-refractivity contribution >= 4 is 52.9 Å². The molecule has 3 aromatic rings. The lowest BCUT2D eigenvalue weighted by molar-refractivity contribution is 0.398. The topological polar surface area (TPSA) is 87.8 Å². The molecule has 3 aromatic heterocycles. The lowest BCUT2D eigenvalue weighted by Gasteiger charge is -2.23. The van der Waals surface area contributed by atoms with E-state index in [-0.39, 0.29) is 11.6 Å². The zero-order valence-electron chi connectivity index (χ0n) is 18.5. The van der Waals surface area contributed by atoms with Crippen LogP contribution >= 0.6 is 30.3 Å². The fraction of sp³-hybridized carbons (Fsp3) is 0.348. The molecule has 0 amide bonds. The molecule has 10 heteroatoms. The van der Waals surface area contributed by atoms with E-state index in [0.717, 1.165) is 60.2 Å². The van der Waals surface area contributed by atoms with Crippen molar-refractivity contribution in [2.45, 2.75) is 32.2 Å². The second-order valence-electron chi connectivity index (χ2n) is 7.79. The van der Waals surface area contributed by atoms with Gasteiger partial charge < -0.3 is 15.4 Å². The Morgan fingerprint density at radius 1 is 1.36 bits per heavy atom. The van der Waals surface area contributed by atoms with E-state index in [2.05, 4.69) is 52.7 Å². The minimum absolute atomic E-state index is 0.203. The summed E-state index contributed by atoms with van der Waals surface area (Å²) in [6.07, 6.45) is 7.78. The van der Waals surface area contributed by atoms with E-state index in [1.54, 1.807) is 34.8 Å². The molecule has 0 aromatic carbocycles. The van der Waals surface area contributed by atoms with Gasteiger partial charge in [-0.05, 0) is 44.5 Å². The van der Waals surface area contributed by atoms with Crippen LogP contribution < -0.4 is 15.4 Å². The van der Waals surface area contributed by atoms with Crippen LogP contribution in [0.4, 0.5) is 4.39 Å². The normalized spacial score (nSPS) is 15.1. The van der Waals surface area contributed by atoms with Crippen molar-refractivity contribution in [3.05, 3.63) is 48.1 Å². The van der Waals surface area contributed by atoms with Gasteiger partial charge in [-0.25, -0.2) is 9.97 Å². The fourth-order valence-electron chi connectivity index (χ4n) is 4.16. The molecule has 0 bridgehead atoms. The van der Waals surface area contributed by atoms with Crippen LogP contribution in [-0.2, 0) is 6.42 Å². The minimum atomic E-state index is -0.983. The molecular weight excluding hydrogens is 554 g/mol. The molecule has 4 rings (SSSR count). The number of fused-ring (bicyclic) bond motifs is 1. The summed E-state index contributed by atoms with van der Waals surface area (Å²) in [7, 11) is 3.14. The largest absolute Gasteiger partial charge is 0.481 e. The van der Waals surface area contributed by atoms with E-state index in [9.17, 15) is 4.39 Å². The van der Waals surface area contributed by atoms with E-state index in [1.807, 2.05) is 18.2 Å². The summed E-state index contributed by atoms with van der Waals surface area (Å²) in [4.78, 5) is 9.07. The zero-order valence-corrected chi connectivity index (χ0v) is 21.5. The Hall–Kier alpha value is -2.18. The average molecular weight is 580 g/mol. The number of nitrogens with zero attached hydrogens (tertiary/aromatic N) is 3. The summed E-state index contributed by atoms with van der Waals surface area (Å²) < 4.78 is 21.6. The maximum Gasteiger partial charge on any atom is 0.214 e. The summed E-state index contributed by atoms with van der Waals surface area (Å²) in [6, 6.07) is 6.00. The first-order chi connectivity index (χ1) is 16.1. The molecule has 1 fully saturated rings. The Bertz CT molecular complexity index is 1170. The van der Waals surface area contributed by atoms with E-state index < -0.39 is 5.97 Å². The van der Waals surface area contributed by atoms with E-state index in [4.69, 9.17) is 10.1 Å². The first kappa shape index (κ1) is 24.0. The molecule has 3 N–H and O–H groups in total. The van der Waals surface area contributed by atoms with Gasteiger partial charge >= 0.3 is 0 Å². The van der Waals surface area contributed by atoms with Crippen LogP contribution in [0.2, 0.25) is 0 Å². The molecule has 174 valence electrons. The van der Waals surface area contributed by atoms with Crippen LogP contribution in [0.5, 0.6) is 5.88 Å². The van der Waals surface area contributed by atoms with Gasteiger partial charge in [0, 0.05) is 88.8 Å². The summed E-state index contributed by atoms with van der Waals surface area (Å²) >= 11 is 2.25. The van der Waals surface area contributed by atoms with Crippen LogP contribution in [0.15, 0.2) is 36.8 Å². The van der Waals surface area contributed by atoms with Crippen molar-refractivity contribution in [3.63, 3.8) is 0 Å². The highest BCUT2D eigenvalue weighted by Crippen LogP contribution is 2.39. The number of hydrogen-bond acceptors (Lipinski definition) is 7. The van der Waals surface area contributed by atoms with Crippen LogP contribution in [0.25, 0.3) is 27.7 Å². The van der Waals surface area contributed by atoms with Crippen molar-refractivity contribution < 1.29 is 9.13 Å². The third-order valence-corrected chi connectivity index (χ3v) is 7.56. The summed E-state index contributed by atoms with van der Waals surface area (Å²) in [5, 5.41) is 15.3. The average Bonchev–Trinajstić information content (AvgIpc) is 3.17. The van der Waals surface area contributed by atoms with Gasteiger partial charge in [0.15, 0.2) is 5.65 Å². The number of piperidine rings is 1. The van der Waals surface area contributed by atoms with Crippen molar-refractivity contribution in [3.8, 4) is 17.0 Å². The Morgan fingerprint density at radius 3 is 2.76 bits per heavy atom. The molecule has 0 atom stereocenters. The molecule has 33 heavy (non-hydrogen) atoms. The quantitative estimate of drug-likeness (QED) is 0.253. The molecule has 1 aliphatic heterocycles. The maximum absolute atomic E-state index is 14.3. The van der Waals surface area contributed by atoms with Crippen molar-refractivity contribution in [2.75, 3.05) is 20.2 Å². The number of allylic oxidation sites excluding steroid dienone is 1. The molecule has 1 aliphatic rings. The number of methoxy groups -OCH3 is 1. The number of nitrogens with one attached hydrogen (secondary N) is 3. The third kappa shape index (κ3) is 5.02. The van der Waals surface area contributed by atoms with Crippen molar-refractivity contribution in [2.24, 2.45) is 0 Å². The summed E-state index contributed by atoms with van der Waals surface area (Å²) in [6.45, 7) is 3.97. The number of rotatable bonds is 8. The smallest absolute Gasteiger partial charge is 0.214 e. The van der Waals surface area contributed by atoms with Gasteiger partial charge in [-0.3, -0.25) is 9.38 Å². The molecule has 0 unspecified atom stereocenters. The van der Waals surface area contributed by atoms with Gasteiger partial charge in [-0.1, -0.05) is 6.92 Å². The minimum Gasteiger partial charge on any atom is -0.481 e. The molecule has 0 saturated carbocycles. The number of aromatic nitrogens is 3. The van der Waals surface area contributed by atoms with Crippen LogP contribution in [0, 0.1) is 5.41 Å². The fourth-order valence-corrected chi connectivity index (χ4v) is 5.95. The number of ether oxygens (including phenoxy) is 1. The highest BCUT2D eigenvalue weighted by atomic mass is 127. The standard InChI is InChI=1S/C23H26FIN6OS/c1-3-19-21(14-4-5-20(32-2)29-11-14)17-10-15(12-30-23(17)31(19)33-25)18(22(24)26)13-28-16-6-8-27-9-7-16/h4-5,10-13,16,26-28H,3,6-9H2,1-2H3/b18-13-,26-22?. The van der Waals surface area contributed by atoms with E-state index in [1.165, 1.54) is 0 Å². The van der Waals surface area contributed by atoms with Gasteiger partial charge in [0.05, 0.1) is 12.7 Å².